The van der Waals surface area contributed by atoms with E-state index < -0.39 is 11.8 Å². The highest BCUT2D eigenvalue weighted by molar-refractivity contribution is 6.40. The molecule has 1 heterocycles. The molecule has 8 heteroatoms. The van der Waals surface area contributed by atoms with Gasteiger partial charge in [-0.15, -0.1) is 10.2 Å². The first kappa shape index (κ1) is 16.2. The maximum absolute atomic E-state index is 11.9. The van der Waals surface area contributed by atoms with Crippen LogP contribution in [0.15, 0.2) is 58.8 Å². The molecule has 0 atom stereocenters. The fraction of sp³-hybridized carbons (Fsp3) is 0.0588. The number of azo groups is 1. The lowest BCUT2D eigenvalue weighted by molar-refractivity contribution is -0.134. The van der Waals surface area contributed by atoms with Crippen molar-refractivity contribution in [1.29, 1.82) is 0 Å². The van der Waals surface area contributed by atoms with Crippen LogP contribution in [0.25, 0.3) is 10.9 Å². The number of rotatable bonds is 3. The van der Waals surface area contributed by atoms with E-state index in [1.165, 1.54) is 7.11 Å². The first-order valence-corrected chi connectivity index (χ1v) is 7.30. The second-order valence-electron chi connectivity index (χ2n) is 5.03. The fourth-order valence-corrected chi connectivity index (χ4v) is 2.28. The highest BCUT2D eigenvalue weighted by Gasteiger charge is 2.16. The van der Waals surface area contributed by atoms with Crippen molar-refractivity contribution in [1.82, 2.24) is 4.98 Å². The molecule has 0 aliphatic heterocycles. The number of methoxy groups -OCH3 is 1. The first-order valence-electron chi connectivity index (χ1n) is 7.30. The van der Waals surface area contributed by atoms with E-state index in [9.17, 15) is 14.7 Å². The number of aromatic hydroxyl groups is 1. The number of aromatic amines is 1. The molecule has 3 rings (SSSR count). The number of carbonyl (C=O) groups excluding carboxylic acids is 2. The van der Waals surface area contributed by atoms with Gasteiger partial charge in [-0.1, -0.05) is 30.3 Å². The monoisotopic (exact) mass is 338 g/mol. The Hall–Kier alpha value is -3.68. The molecule has 0 saturated heterocycles. The van der Waals surface area contributed by atoms with Crippen LogP contribution in [-0.4, -0.2) is 29.0 Å². The number of nitrogens with one attached hydrogen (secondary N) is 2. The normalized spacial score (nSPS) is 10.9. The van der Waals surface area contributed by atoms with Crippen molar-refractivity contribution < 1.29 is 19.4 Å². The minimum atomic E-state index is -1.10. The summed E-state index contributed by atoms with van der Waals surface area (Å²) in [6.45, 7) is 0. The van der Waals surface area contributed by atoms with E-state index in [4.69, 9.17) is 4.74 Å². The van der Waals surface area contributed by atoms with Gasteiger partial charge in [0.25, 0.3) is 0 Å². The Labute approximate surface area is 142 Å². The molecule has 2 aromatic carbocycles. The van der Waals surface area contributed by atoms with Gasteiger partial charge in [0.05, 0.1) is 18.3 Å². The number of hydrogen-bond acceptors (Lipinski definition) is 5. The van der Waals surface area contributed by atoms with Gasteiger partial charge < -0.3 is 20.1 Å². The summed E-state index contributed by atoms with van der Waals surface area (Å²) >= 11 is 0. The zero-order valence-electron chi connectivity index (χ0n) is 13.2. The van der Waals surface area contributed by atoms with Crippen LogP contribution < -0.4 is 10.1 Å². The van der Waals surface area contributed by atoms with E-state index in [2.05, 4.69) is 20.5 Å². The predicted molar refractivity (Wildman–Crippen MR) is 91.1 cm³/mol. The summed E-state index contributed by atoms with van der Waals surface area (Å²) in [4.78, 5) is 26.5. The van der Waals surface area contributed by atoms with Crippen molar-refractivity contribution in [2.24, 2.45) is 10.2 Å². The molecule has 0 bridgehead atoms. The molecule has 25 heavy (non-hydrogen) atoms. The number of anilines is 1. The number of carbonyl (C=O) groups is 2. The van der Waals surface area contributed by atoms with Gasteiger partial charge in [0, 0.05) is 5.39 Å². The number of para-hydroxylation sites is 3. The number of hydrogen-bond donors (Lipinski definition) is 3. The van der Waals surface area contributed by atoms with E-state index in [0.29, 0.717) is 22.3 Å². The van der Waals surface area contributed by atoms with Crippen molar-refractivity contribution in [3.8, 4) is 11.6 Å². The number of aromatic nitrogens is 1. The standard InChI is InChI=1S/C17H14N4O4/c1-25-13-9-5-4-8-12(13)19-16(23)17(24)21-20-14-10-6-2-3-7-11(10)18-15(14)22/h2-9,18,22H,1H3,(H,19,23). The highest BCUT2D eigenvalue weighted by atomic mass is 16.5. The maximum Gasteiger partial charge on any atom is 0.353 e. The van der Waals surface area contributed by atoms with Gasteiger partial charge in [0.15, 0.2) is 5.69 Å². The Balaban J connectivity index is 1.78. The van der Waals surface area contributed by atoms with Gasteiger partial charge in [-0.25, -0.2) is 0 Å². The van der Waals surface area contributed by atoms with E-state index in [1.807, 2.05) is 0 Å². The molecule has 0 aliphatic rings. The van der Waals surface area contributed by atoms with Crippen LogP contribution in [0.1, 0.15) is 0 Å². The molecule has 3 aromatic rings. The lowest BCUT2D eigenvalue weighted by atomic mass is 10.2. The van der Waals surface area contributed by atoms with Gasteiger partial charge in [-0.05, 0) is 18.2 Å². The van der Waals surface area contributed by atoms with Gasteiger partial charge in [-0.3, -0.25) is 9.59 Å². The summed E-state index contributed by atoms with van der Waals surface area (Å²) in [5, 5.41) is 19.9. The van der Waals surface area contributed by atoms with Gasteiger partial charge in [-0.2, -0.15) is 0 Å². The van der Waals surface area contributed by atoms with Crippen LogP contribution in [0, 0.1) is 0 Å². The number of amides is 2. The lowest BCUT2D eigenvalue weighted by Crippen LogP contribution is -2.20. The molecular formula is C17H14N4O4. The number of H-pyrrole nitrogens is 1. The average molecular weight is 338 g/mol. The molecule has 3 N–H and O–H groups in total. The molecule has 126 valence electrons. The Kier molecular flexibility index (Phi) is 4.42. The third-order valence-corrected chi connectivity index (χ3v) is 3.45. The maximum atomic E-state index is 11.9. The summed E-state index contributed by atoms with van der Waals surface area (Å²) in [6, 6.07) is 13.6. The van der Waals surface area contributed by atoms with Gasteiger partial charge in [0.2, 0.25) is 5.88 Å². The van der Waals surface area contributed by atoms with Crippen LogP contribution in [0.4, 0.5) is 11.4 Å². The minimum absolute atomic E-state index is 0.0917. The summed E-state index contributed by atoms with van der Waals surface area (Å²) in [5.74, 6) is -1.89. The van der Waals surface area contributed by atoms with Crippen LogP contribution in [0.5, 0.6) is 11.6 Å². The number of ether oxygens (including phenoxy) is 1. The van der Waals surface area contributed by atoms with E-state index in [1.54, 1.807) is 48.5 Å². The molecule has 0 saturated carbocycles. The van der Waals surface area contributed by atoms with Gasteiger partial charge in [0.1, 0.15) is 5.75 Å². The highest BCUT2D eigenvalue weighted by Crippen LogP contribution is 2.35. The van der Waals surface area contributed by atoms with Crippen molar-refractivity contribution in [2.75, 3.05) is 12.4 Å². The summed E-state index contributed by atoms with van der Waals surface area (Å²) in [5.41, 5.74) is 1.07. The second kappa shape index (κ2) is 6.83. The molecule has 1 aromatic heterocycles. The first-order chi connectivity index (χ1) is 12.1. The topological polar surface area (TPSA) is 116 Å². The Morgan fingerprint density at radius 1 is 1.12 bits per heavy atom. The van der Waals surface area contributed by atoms with Crippen LogP contribution in [0.3, 0.4) is 0 Å². The number of fused-ring (bicyclic) bond motifs is 1. The van der Waals surface area contributed by atoms with Crippen LogP contribution in [-0.2, 0) is 9.59 Å². The smallest absolute Gasteiger partial charge is 0.353 e. The van der Waals surface area contributed by atoms with Gasteiger partial charge >= 0.3 is 11.8 Å². The minimum Gasteiger partial charge on any atom is -0.495 e. The zero-order valence-corrected chi connectivity index (χ0v) is 13.2. The van der Waals surface area contributed by atoms with Crippen molar-refractivity contribution in [2.45, 2.75) is 0 Å². The van der Waals surface area contributed by atoms with Crippen molar-refractivity contribution in [3.05, 3.63) is 48.5 Å². The Bertz CT molecular complexity index is 978. The zero-order chi connectivity index (χ0) is 17.8. The van der Waals surface area contributed by atoms with Crippen LogP contribution in [0.2, 0.25) is 0 Å². The predicted octanol–water partition coefficient (Wildman–Crippen LogP) is 3.13. The molecule has 0 spiro atoms. The average Bonchev–Trinajstić information content (AvgIpc) is 2.95. The molecule has 0 radical (unpaired) electrons. The quantitative estimate of drug-likeness (QED) is 0.502. The van der Waals surface area contributed by atoms with E-state index in [-0.39, 0.29) is 11.6 Å². The molecule has 0 fully saturated rings. The second-order valence-corrected chi connectivity index (χ2v) is 5.03. The number of benzene rings is 2. The molecule has 0 aliphatic carbocycles. The third kappa shape index (κ3) is 3.32. The molecule has 2 amide bonds. The van der Waals surface area contributed by atoms with Crippen molar-refractivity contribution in [3.63, 3.8) is 0 Å². The molecular weight excluding hydrogens is 324 g/mol. The molecule has 8 nitrogen and oxygen atoms in total. The summed E-state index contributed by atoms with van der Waals surface area (Å²) < 4.78 is 5.09. The Morgan fingerprint density at radius 2 is 1.84 bits per heavy atom. The molecule has 0 unspecified atom stereocenters. The van der Waals surface area contributed by atoms with E-state index >= 15 is 0 Å². The summed E-state index contributed by atoms with van der Waals surface area (Å²) in [6.07, 6.45) is 0. The number of nitrogens with zero attached hydrogens (tertiary/aromatic N) is 2. The Morgan fingerprint density at radius 3 is 2.64 bits per heavy atom. The fourth-order valence-electron chi connectivity index (χ4n) is 2.28. The van der Waals surface area contributed by atoms with Crippen LogP contribution >= 0.6 is 0 Å². The van der Waals surface area contributed by atoms with E-state index in [0.717, 1.165) is 0 Å². The SMILES string of the molecule is COc1ccccc1NC(=O)C(=O)N=Nc1c(O)[nH]c2ccccc12. The third-order valence-electron chi connectivity index (χ3n) is 3.45. The largest absolute Gasteiger partial charge is 0.495 e. The summed E-state index contributed by atoms with van der Waals surface area (Å²) in [7, 11) is 1.45. The van der Waals surface area contributed by atoms with Crippen molar-refractivity contribution >= 4 is 34.1 Å². The lowest BCUT2D eigenvalue weighted by Gasteiger charge is -2.07.